The Morgan fingerprint density at radius 3 is 2.20 bits per heavy atom. The maximum Gasteiger partial charge on any atom is 0.302 e. The van der Waals surface area contributed by atoms with Crippen LogP contribution >= 0.6 is 0 Å². The van der Waals surface area contributed by atoms with Crippen LogP contribution < -0.4 is 0 Å². The van der Waals surface area contributed by atoms with Crippen LogP contribution in [-0.4, -0.2) is 36.4 Å². The van der Waals surface area contributed by atoms with E-state index in [1.54, 1.807) is 13.8 Å². The molecule has 0 heterocycles. The van der Waals surface area contributed by atoms with Crippen LogP contribution in [0, 0.1) is 50.7 Å². The highest BCUT2D eigenvalue weighted by Gasteiger charge is 2.76. The van der Waals surface area contributed by atoms with Gasteiger partial charge in [-0.3, -0.25) is 14.6 Å². The molecule has 0 bridgehead atoms. The highest BCUT2D eigenvalue weighted by molar-refractivity contribution is 5.66. The van der Waals surface area contributed by atoms with E-state index < -0.39 is 0 Å². The van der Waals surface area contributed by atoms with Gasteiger partial charge >= 0.3 is 11.9 Å². The van der Waals surface area contributed by atoms with Crippen molar-refractivity contribution in [2.24, 2.45) is 55.7 Å². The number of carbonyl (C=O) groups is 2. The summed E-state index contributed by atoms with van der Waals surface area (Å²) in [6.07, 6.45) is 15.4. The number of rotatable bonds is 5. The van der Waals surface area contributed by atoms with E-state index >= 15 is 0 Å². The lowest BCUT2D eigenvalue weighted by Crippen LogP contribution is -2.73. The molecule has 224 valence electrons. The molecule has 10 atom stereocenters. The molecule has 0 aromatic rings. The van der Waals surface area contributed by atoms with E-state index in [2.05, 4.69) is 60.4 Å². The quantitative estimate of drug-likeness (QED) is 0.197. The standard InChI is InChI=1S/C35H55NO4/c1-10-25-12-18-34(22-39-23(3)37)21-20-33(9)32(8)17-13-26-30(5,6)28(40-24(4)38)15-16-31(26,7)27(32)14-19-35(33,29(25)34)36-11-2/h10-11,25-29H,1,12-22H2,2-9H3/t25-,26+,27-,28+,29+,31+,32-,33+,34-,35+/m1/s1. The molecule has 0 aromatic carbocycles. The second-order valence-corrected chi connectivity index (χ2v) is 15.8. The van der Waals surface area contributed by atoms with Gasteiger partial charge in [0.25, 0.3) is 0 Å². The number of fused-ring (bicyclic) bond motifs is 7. The molecular weight excluding hydrogens is 498 g/mol. The zero-order valence-corrected chi connectivity index (χ0v) is 26.6. The van der Waals surface area contributed by atoms with E-state index in [1.807, 2.05) is 0 Å². The molecule has 0 unspecified atom stereocenters. The van der Waals surface area contributed by atoms with Gasteiger partial charge in [-0.25, -0.2) is 0 Å². The van der Waals surface area contributed by atoms with Gasteiger partial charge in [0.05, 0.1) is 12.1 Å². The first-order chi connectivity index (χ1) is 18.7. The van der Waals surface area contributed by atoms with Crippen molar-refractivity contribution in [3.63, 3.8) is 0 Å². The van der Waals surface area contributed by atoms with Crippen LogP contribution in [0.4, 0.5) is 0 Å². The van der Waals surface area contributed by atoms with E-state index in [1.165, 1.54) is 19.3 Å². The molecule has 5 aliphatic rings. The Morgan fingerprint density at radius 2 is 1.57 bits per heavy atom. The minimum absolute atomic E-state index is 0.00111. The number of nitrogens with zero attached hydrogens (tertiary/aromatic N) is 1. The summed E-state index contributed by atoms with van der Waals surface area (Å²) in [5, 5.41) is 0. The molecule has 0 aliphatic heterocycles. The number of carbonyl (C=O) groups excluding carboxylic acids is 2. The van der Waals surface area contributed by atoms with Gasteiger partial charge in [0.2, 0.25) is 0 Å². The van der Waals surface area contributed by atoms with Crippen LogP contribution in [0.15, 0.2) is 17.6 Å². The van der Waals surface area contributed by atoms with E-state index in [4.69, 9.17) is 14.5 Å². The monoisotopic (exact) mass is 553 g/mol. The normalized spacial score (nSPS) is 49.2. The van der Waals surface area contributed by atoms with Gasteiger partial charge in [0, 0.05) is 24.7 Å². The second-order valence-electron chi connectivity index (χ2n) is 15.8. The average molecular weight is 554 g/mol. The Hall–Kier alpha value is -1.65. The van der Waals surface area contributed by atoms with Crippen LogP contribution in [0.1, 0.15) is 120 Å². The molecule has 0 radical (unpaired) electrons. The largest absolute Gasteiger partial charge is 0.465 e. The number of allylic oxidation sites excluding steroid dienone is 1. The smallest absolute Gasteiger partial charge is 0.302 e. The van der Waals surface area contributed by atoms with E-state index in [0.717, 1.165) is 44.9 Å². The lowest BCUT2D eigenvalue weighted by Gasteiger charge is -2.75. The number of hydrogen-bond donors (Lipinski definition) is 0. The van der Waals surface area contributed by atoms with Crippen molar-refractivity contribution in [2.75, 3.05) is 6.61 Å². The highest BCUT2D eigenvalue weighted by atomic mass is 16.5. The van der Waals surface area contributed by atoms with E-state index in [0.29, 0.717) is 30.3 Å². The fraction of sp³-hybridized carbons (Fsp3) is 0.857. The first kappa shape index (κ1) is 29.8. The van der Waals surface area contributed by atoms with Gasteiger partial charge in [0.15, 0.2) is 0 Å². The maximum absolute atomic E-state index is 12.0. The van der Waals surface area contributed by atoms with Gasteiger partial charge in [-0.2, -0.15) is 0 Å². The minimum Gasteiger partial charge on any atom is -0.465 e. The molecule has 5 nitrogen and oxygen atoms in total. The van der Waals surface area contributed by atoms with Crippen molar-refractivity contribution in [1.82, 2.24) is 0 Å². The predicted molar refractivity (Wildman–Crippen MR) is 160 cm³/mol. The molecule has 40 heavy (non-hydrogen) atoms. The topological polar surface area (TPSA) is 65.0 Å². The Labute approximate surface area is 243 Å². The number of esters is 2. The van der Waals surface area contributed by atoms with Gasteiger partial charge in [-0.1, -0.05) is 40.7 Å². The SMILES string of the molecule is C=C[C@@H]1CC[C@]2(COC(C)=O)CC[C@]3(C)[C@](N=CC)(CC[C@@H]4[C@@]5(C)CC[C@H](OC(C)=O)C(C)(C)[C@@H]5CC[C@]43C)[C@@H]12. The molecule has 5 aliphatic carbocycles. The second kappa shape index (κ2) is 9.69. The zero-order valence-electron chi connectivity index (χ0n) is 26.6. The first-order valence-corrected chi connectivity index (χ1v) is 16.1. The molecule has 0 spiro atoms. The molecule has 5 rings (SSSR count). The third kappa shape index (κ3) is 3.80. The summed E-state index contributed by atoms with van der Waals surface area (Å²) in [7, 11) is 0. The summed E-state index contributed by atoms with van der Waals surface area (Å²) in [5.41, 5.74) is 0.144. The lowest BCUT2D eigenvalue weighted by molar-refractivity contribution is -0.257. The summed E-state index contributed by atoms with van der Waals surface area (Å²) in [6.45, 7) is 22.6. The maximum atomic E-state index is 12.0. The van der Waals surface area contributed by atoms with Crippen LogP contribution in [0.3, 0.4) is 0 Å². The number of hydrogen-bond acceptors (Lipinski definition) is 5. The van der Waals surface area contributed by atoms with Crippen molar-refractivity contribution in [2.45, 2.75) is 131 Å². The molecule has 5 heteroatoms. The third-order valence-electron chi connectivity index (χ3n) is 14.3. The zero-order chi connectivity index (χ0) is 29.4. The van der Waals surface area contributed by atoms with Gasteiger partial charge in [0.1, 0.15) is 6.10 Å². The van der Waals surface area contributed by atoms with Gasteiger partial charge in [-0.15, -0.1) is 6.58 Å². The predicted octanol–water partition coefficient (Wildman–Crippen LogP) is 7.96. The van der Waals surface area contributed by atoms with Crippen molar-refractivity contribution in [3.8, 4) is 0 Å². The minimum atomic E-state index is -0.186. The fourth-order valence-corrected chi connectivity index (χ4v) is 12.5. The summed E-state index contributed by atoms with van der Waals surface area (Å²) in [5.74, 6) is 1.54. The Balaban J connectivity index is 1.58. The number of ether oxygens (including phenoxy) is 2. The van der Waals surface area contributed by atoms with Crippen molar-refractivity contribution in [3.05, 3.63) is 12.7 Å². The molecule has 0 N–H and O–H groups in total. The first-order valence-electron chi connectivity index (χ1n) is 16.1. The molecule has 0 aromatic heterocycles. The molecule has 0 saturated heterocycles. The molecule has 5 fully saturated rings. The van der Waals surface area contributed by atoms with Gasteiger partial charge in [-0.05, 0) is 117 Å². The van der Waals surface area contributed by atoms with Crippen LogP contribution in [-0.2, 0) is 19.1 Å². The van der Waals surface area contributed by atoms with Crippen molar-refractivity contribution in [1.29, 1.82) is 0 Å². The summed E-state index contributed by atoms with van der Waals surface area (Å²) >= 11 is 0. The van der Waals surface area contributed by atoms with E-state index in [9.17, 15) is 9.59 Å². The summed E-state index contributed by atoms with van der Waals surface area (Å²) in [6, 6.07) is 0. The molecule has 0 amide bonds. The Bertz CT molecular complexity index is 1080. The van der Waals surface area contributed by atoms with Crippen molar-refractivity contribution >= 4 is 18.2 Å². The molecular formula is C35H55NO4. The number of aliphatic imine (C=N–C) groups is 1. The fourth-order valence-electron chi connectivity index (χ4n) is 12.5. The summed E-state index contributed by atoms with van der Waals surface area (Å²) < 4.78 is 11.8. The Kier molecular flexibility index (Phi) is 7.23. The van der Waals surface area contributed by atoms with Crippen LogP contribution in [0.5, 0.6) is 0 Å². The molecule has 5 saturated carbocycles. The lowest BCUT2D eigenvalue weighted by atomic mass is 9.30. The van der Waals surface area contributed by atoms with Crippen molar-refractivity contribution < 1.29 is 19.1 Å². The Morgan fingerprint density at radius 1 is 0.875 bits per heavy atom. The third-order valence-corrected chi connectivity index (χ3v) is 14.3. The van der Waals surface area contributed by atoms with Crippen LogP contribution in [0.2, 0.25) is 0 Å². The van der Waals surface area contributed by atoms with E-state index in [-0.39, 0.29) is 50.7 Å². The summed E-state index contributed by atoms with van der Waals surface area (Å²) in [4.78, 5) is 29.6. The van der Waals surface area contributed by atoms with Crippen LogP contribution in [0.25, 0.3) is 0 Å². The average Bonchev–Trinajstić information content (AvgIpc) is 3.26. The highest BCUT2D eigenvalue weighted by Crippen LogP contribution is 2.79. The van der Waals surface area contributed by atoms with Gasteiger partial charge < -0.3 is 9.47 Å².